The van der Waals surface area contributed by atoms with Gasteiger partial charge in [-0.15, -0.1) is 0 Å². The van der Waals surface area contributed by atoms with Gasteiger partial charge in [-0.05, 0) is 25.0 Å². The molecular formula is C16H14ClFN2O4. The van der Waals surface area contributed by atoms with E-state index in [1.807, 2.05) is 0 Å². The molecule has 1 aromatic heterocycles. The molecule has 6 nitrogen and oxygen atoms in total. The Morgan fingerprint density at radius 2 is 2.08 bits per heavy atom. The van der Waals surface area contributed by atoms with Crippen molar-refractivity contribution in [3.8, 4) is 0 Å². The van der Waals surface area contributed by atoms with E-state index in [1.54, 1.807) is 4.57 Å². The van der Waals surface area contributed by atoms with Gasteiger partial charge in [-0.3, -0.25) is 14.4 Å². The van der Waals surface area contributed by atoms with Crippen molar-refractivity contribution in [1.29, 1.82) is 0 Å². The quantitative estimate of drug-likeness (QED) is 0.864. The zero-order chi connectivity index (χ0) is 17.4. The number of aliphatic carboxylic acids is 1. The van der Waals surface area contributed by atoms with Crippen LogP contribution in [0.5, 0.6) is 0 Å². The number of nitrogens with zero attached hydrogens (tertiary/aromatic N) is 1. The number of carbonyl (C=O) groups is 2. The fraction of sp³-hybridized carbons (Fsp3) is 0.312. The van der Waals surface area contributed by atoms with Crippen LogP contribution in [-0.4, -0.2) is 28.1 Å². The van der Waals surface area contributed by atoms with Crippen LogP contribution in [0.3, 0.4) is 0 Å². The molecular weight excluding hydrogens is 339 g/mol. The fourth-order valence-corrected chi connectivity index (χ4v) is 2.70. The second-order valence-corrected chi connectivity index (χ2v) is 6.10. The molecule has 8 heteroatoms. The lowest BCUT2D eigenvalue weighted by atomic mass is 10.1. The highest BCUT2D eigenvalue weighted by atomic mass is 35.5. The van der Waals surface area contributed by atoms with Crippen molar-refractivity contribution in [3.05, 3.63) is 45.0 Å². The standard InChI is InChI=1S/C16H14ClFN2O4/c17-11-6-13-9(5-12(11)18)15(23)10(7-20(13)8-1-2-8)16(24)19-4-3-14(21)22/h5-8H,1-4H2,(H,19,24)(H,21,22). The average Bonchev–Trinajstić information content (AvgIpc) is 3.34. The van der Waals surface area contributed by atoms with Crippen molar-refractivity contribution in [2.75, 3.05) is 6.54 Å². The lowest BCUT2D eigenvalue weighted by Crippen LogP contribution is -2.31. The molecule has 24 heavy (non-hydrogen) atoms. The molecule has 1 heterocycles. The van der Waals surface area contributed by atoms with Gasteiger partial charge in [0, 0.05) is 24.2 Å². The van der Waals surface area contributed by atoms with Gasteiger partial charge in [0.25, 0.3) is 5.91 Å². The van der Waals surface area contributed by atoms with E-state index in [-0.39, 0.29) is 35.0 Å². The Morgan fingerprint density at radius 3 is 2.71 bits per heavy atom. The Kier molecular flexibility index (Phi) is 4.28. The van der Waals surface area contributed by atoms with Crippen LogP contribution in [0.15, 0.2) is 23.1 Å². The number of hydrogen-bond acceptors (Lipinski definition) is 3. The minimum atomic E-state index is -1.05. The molecule has 0 radical (unpaired) electrons. The topological polar surface area (TPSA) is 88.4 Å². The Balaban J connectivity index is 2.07. The molecule has 0 bridgehead atoms. The maximum absolute atomic E-state index is 13.8. The van der Waals surface area contributed by atoms with E-state index in [0.29, 0.717) is 5.52 Å². The van der Waals surface area contributed by atoms with Crippen LogP contribution in [0.25, 0.3) is 10.9 Å². The number of pyridine rings is 1. The predicted molar refractivity (Wildman–Crippen MR) is 86.0 cm³/mol. The van der Waals surface area contributed by atoms with Gasteiger partial charge in [0.1, 0.15) is 11.4 Å². The molecule has 0 aliphatic heterocycles. The summed E-state index contributed by atoms with van der Waals surface area (Å²) in [6, 6.07) is 2.56. The number of fused-ring (bicyclic) bond motifs is 1. The zero-order valence-corrected chi connectivity index (χ0v) is 13.3. The van der Waals surface area contributed by atoms with Crippen LogP contribution in [0.1, 0.15) is 35.7 Å². The number of rotatable bonds is 5. The Bertz CT molecular complexity index is 905. The largest absolute Gasteiger partial charge is 0.481 e. The normalized spacial score (nSPS) is 13.9. The maximum Gasteiger partial charge on any atom is 0.305 e. The molecule has 0 saturated heterocycles. The molecule has 1 aliphatic rings. The molecule has 0 unspecified atom stereocenters. The highest BCUT2D eigenvalue weighted by molar-refractivity contribution is 6.31. The van der Waals surface area contributed by atoms with E-state index >= 15 is 0 Å². The van der Waals surface area contributed by atoms with E-state index < -0.39 is 23.1 Å². The van der Waals surface area contributed by atoms with Crippen LogP contribution >= 0.6 is 11.6 Å². The number of nitrogens with one attached hydrogen (secondary N) is 1. The SMILES string of the molecule is O=C(O)CCNC(=O)c1cn(C2CC2)c2cc(Cl)c(F)cc2c1=O. The van der Waals surface area contributed by atoms with Gasteiger partial charge in [-0.25, -0.2) is 4.39 Å². The van der Waals surface area contributed by atoms with E-state index in [2.05, 4.69) is 5.32 Å². The van der Waals surface area contributed by atoms with Gasteiger partial charge < -0.3 is 15.0 Å². The Hall–Kier alpha value is -2.41. The minimum absolute atomic E-state index is 0.0784. The van der Waals surface area contributed by atoms with E-state index in [0.717, 1.165) is 18.9 Å². The lowest BCUT2D eigenvalue weighted by molar-refractivity contribution is -0.136. The summed E-state index contributed by atoms with van der Waals surface area (Å²) in [4.78, 5) is 35.2. The lowest BCUT2D eigenvalue weighted by Gasteiger charge is -2.13. The minimum Gasteiger partial charge on any atom is -0.481 e. The van der Waals surface area contributed by atoms with Gasteiger partial charge in [0.05, 0.1) is 17.0 Å². The van der Waals surface area contributed by atoms with Gasteiger partial charge in [-0.1, -0.05) is 11.6 Å². The summed E-state index contributed by atoms with van der Waals surface area (Å²) in [6.07, 6.45) is 2.98. The van der Waals surface area contributed by atoms with Crippen LogP contribution in [0.2, 0.25) is 5.02 Å². The summed E-state index contributed by atoms with van der Waals surface area (Å²) in [6.45, 7) is -0.0932. The van der Waals surface area contributed by atoms with E-state index in [9.17, 15) is 18.8 Å². The summed E-state index contributed by atoms with van der Waals surface area (Å²) >= 11 is 5.81. The van der Waals surface area contributed by atoms with Crippen molar-refractivity contribution in [1.82, 2.24) is 9.88 Å². The molecule has 2 N–H and O–H groups in total. The number of halogens is 2. The third-order valence-corrected chi connectivity index (χ3v) is 4.17. The number of aromatic nitrogens is 1. The Morgan fingerprint density at radius 1 is 1.38 bits per heavy atom. The average molecular weight is 353 g/mol. The van der Waals surface area contributed by atoms with Crippen LogP contribution < -0.4 is 10.7 Å². The van der Waals surface area contributed by atoms with Crippen LogP contribution in [0, 0.1) is 5.82 Å². The first-order valence-corrected chi connectivity index (χ1v) is 7.80. The molecule has 1 aliphatic carbocycles. The second kappa shape index (κ2) is 6.24. The zero-order valence-electron chi connectivity index (χ0n) is 12.5. The number of amides is 1. The first-order chi connectivity index (χ1) is 11.4. The summed E-state index contributed by atoms with van der Waals surface area (Å²) in [5.41, 5.74) is -0.261. The number of carbonyl (C=O) groups excluding carboxylic acids is 1. The van der Waals surface area contributed by atoms with E-state index in [4.69, 9.17) is 16.7 Å². The number of carboxylic acids is 1. The monoisotopic (exact) mass is 352 g/mol. The Labute approximate surface area is 140 Å². The highest BCUT2D eigenvalue weighted by Gasteiger charge is 2.27. The molecule has 3 rings (SSSR count). The second-order valence-electron chi connectivity index (χ2n) is 5.69. The third-order valence-electron chi connectivity index (χ3n) is 3.88. The van der Waals surface area contributed by atoms with Gasteiger partial charge in [0.15, 0.2) is 0 Å². The first kappa shape index (κ1) is 16.4. The van der Waals surface area contributed by atoms with Crippen molar-refractivity contribution in [3.63, 3.8) is 0 Å². The van der Waals surface area contributed by atoms with Crippen molar-refractivity contribution in [2.24, 2.45) is 0 Å². The summed E-state index contributed by atoms with van der Waals surface area (Å²) < 4.78 is 15.5. The predicted octanol–water partition coefficient (Wildman–Crippen LogP) is 2.33. The van der Waals surface area contributed by atoms with Gasteiger partial charge in [-0.2, -0.15) is 0 Å². The summed E-state index contributed by atoms with van der Waals surface area (Å²) in [5, 5.41) is 11.0. The van der Waals surface area contributed by atoms with Gasteiger partial charge in [0.2, 0.25) is 5.43 Å². The highest BCUT2D eigenvalue weighted by Crippen LogP contribution is 2.37. The molecule has 1 saturated carbocycles. The van der Waals surface area contributed by atoms with Crippen LogP contribution in [-0.2, 0) is 4.79 Å². The number of hydrogen-bond donors (Lipinski definition) is 2. The first-order valence-electron chi connectivity index (χ1n) is 7.42. The maximum atomic E-state index is 13.8. The molecule has 0 atom stereocenters. The van der Waals surface area contributed by atoms with Crippen molar-refractivity contribution in [2.45, 2.75) is 25.3 Å². The fourth-order valence-electron chi connectivity index (χ4n) is 2.54. The van der Waals surface area contributed by atoms with Gasteiger partial charge >= 0.3 is 5.97 Å². The summed E-state index contributed by atoms with van der Waals surface area (Å²) in [7, 11) is 0. The molecule has 2 aromatic rings. The molecule has 0 spiro atoms. The summed E-state index contributed by atoms with van der Waals surface area (Å²) in [5.74, 6) is -2.46. The molecule has 126 valence electrons. The van der Waals surface area contributed by atoms with Crippen LogP contribution in [0.4, 0.5) is 4.39 Å². The smallest absolute Gasteiger partial charge is 0.305 e. The molecule has 1 amide bonds. The number of carboxylic acid groups (broad SMARTS) is 1. The third kappa shape index (κ3) is 3.12. The van der Waals surface area contributed by atoms with E-state index in [1.165, 1.54) is 12.3 Å². The van der Waals surface area contributed by atoms with Crippen molar-refractivity contribution >= 4 is 34.4 Å². The van der Waals surface area contributed by atoms with Crippen molar-refractivity contribution < 1.29 is 19.1 Å². The molecule has 1 fully saturated rings. The molecule has 1 aromatic carbocycles. The number of benzene rings is 1.